The number of non-ortho nitro benzene ring substituents is 1. The van der Waals surface area contributed by atoms with Crippen LogP contribution in [0.15, 0.2) is 24.3 Å². The topological polar surface area (TPSA) is 81.8 Å². The van der Waals surface area contributed by atoms with Crippen molar-refractivity contribution in [3.63, 3.8) is 0 Å². The number of benzene rings is 1. The van der Waals surface area contributed by atoms with Crippen LogP contribution in [0.3, 0.4) is 0 Å². The first-order valence-corrected chi connectivity index (χ1v) is 7.34. The van der Waals surface area contributed by atoms with Crippen molar-refractivity contribution >= 4 is 24.2 Å². The van der Waals surface area contributed by atoms with E-state index in [2.05, 4.69) is 0 Å². The molecule has 0 fully saturated rings. The van der Waals surface area contributed by atoms with Crippen LogP contribution in [0.25, 0.3) is 0 Å². The van der Waals surface area contributed by atoms with Crippen molar-refractivity contribution in [1.82, 2.24) is 0 Å². The second-order valence-electron chi connectivity index (χ2n) is 3.47. The normalized spacial score (nSPS) is 14.4. The minimum Gasteiger partial charge on any atom is -0.424 e. The molecule has 0 aliphatic carbocycles. The van der Waals surface area contributed by atoms with Gasteiger partial charge >= 0.3 is 6.72 Å². The Labute approximate surface area is 104 Å². The standard InChI is InChI=1S/C9H12NO5PS/c1-7(2)14-16(13,17)15-9-5-3-8(4-6-9)10(11)12/h3-7H,1-2H3,(H,13,17). The molecule has 0 amide bonds. The van der Waals surface area contributed by atoms with Crippen LogP contribution in [0.1, 0.15) is 13.8 Å². The minimum atomic E-state index is -3.35. The molecule has 0 bridgehead atoms. The maximum absolute atomic E-state index is 10.4. The van der Waals surface area contributed by atoms with Crippen LogP contribution in [0, 0.1) is 10.1 Å². The lowest BCUT2D eigenvalue weighted by Crippen LogP contribution is -2.04. The van der Waals surface area contributed by atoms with Crippen molar-refractivity contribution in [2.45, 2.75) is 20.0 Å². The number of rotatable bonds is 5. The molecule has 8 heteroatoms. The molecule has 6 nitrogen and oxygen atoms in total. The van der Waals surface area contributed by atoms with Crippen LogP contribution < -0.4 is 4.52 Å². The van der Waals surface area contributed by atoms with Gasteiger partial charge < -0.3 is 9.42 Å². The molecule has 17 heavy (non-hydrogen) atoms. The molecule has 0 heterocycles. The summed E-state index contributed by atoms with van der Waals surface area (Å²) in [5.74, 6) is 0.238. The van der Waals surface area contributed by atoms with Crippen LogP contribution in [-0.4, -0.2) is 15.9 Å². The fraction of sp³-hybridized carbons (Fsp3) is 0.333. The molecule has 94 valence electrons. The van der Waals surface area contributed by atoms with Gasteiger partial charge in [0.15, 0.2) is 0 Å². The van der Waals surface area contributed by atoms with Crippen molar-refractivity contribution in [3.05, 3.63) is 34.4 Å². The summed E-state index contributed by atoms with van der Waals surface area (Å²) in [5, 5.41) is 10.4. The molecule has 0 saturated heterocycles. The molecule has 1 unspecified atom stereocenters. The summed E-state index contributed by atoms with van der Waals surface area (Å²) in [6.45, 7) is 0.0915. The number of nitrogens with zero attached hydrogens (tertiary/aromatic N) is 1. The Balaban J connectivity index is 2.75. The molecule has 0 spiro atoms. The van der Waals surface area contributed by atoms with E-state index in [-0.39, 0.29) is 17.5 Å². The van der Waals surface area contributed by atoms with Crippen LogP contribution in [0.2, 0.25) is 0 Å². The first-order chi connectivity index (χ1) is 7.80. The first kappa shape index (κ1) is 14.1. The van der Waals surface area contributed by atoms with Crippen molar-refractivity contribution in [1.29, 1.82) is 0 Å². The van der Waals surface area contributed by atoms with E-state index in [0.29, 0.717) is 0 Å². The third kappa shape index (κ3) is 4.79. The largest absolute Gasteiger partial charge is 0.424 e. The lowest BCUT2D eigenvalue weighted by atomic mass is 10.3. The summed E-state index contributed by atoms with van der Waals surface area (Å²) < 4.78 is 10.1. The molecular weight excluding hydrogens is 265 g/mol. The van der Waals surface area contributed by atoms with Crippen LogP contribution >= 0.6 is 6.72 Å². The number of nitro benzene ring substituents is 1. The molecule has 0 radical (unpaired) electrons. The van der Waals surface area contributed by atoms with Crippen molar-refractivity contribution in [3.8, 4) is 5.75 Å². The molecular formula is C9H12NO5PS. The van der Waals surface area contributed by atoms with Gasteiger partial charge in [-0.05, 0) is 26.0 Å². The highest BCUT2D eigenvalue weighted by atomic mass is 32.5. The van der Waals surface area contributed by atoms with Crippen LogP contribution in [0.4, 0.5) is 5.69 Å². The smallest absolute Gasteiger partial charge is 0.378 e. The van der Waals surface area contributed by atoms with Gasteiger partial charge in [-0.3, -0.25) is 14.6 Å². The summed E-state index contributed by atoms with van der Waals surface area (Å²) in [6.07, 6.45) is -0.260. The zero-order valence-electron chi connectivity index (χ0n) is 9.27. The van der Waals surface area contributed by atoms with E-state index in [0.717, 1.165) is 0 Å². The minimum absolute atomic E-state index is 0.0617. The van der Waals surface area contributed by atoms with E-state index in [4.69, 9.17) is 20.9 Å². The molecule has 1 aromatic carbocycles. The van der Waals surface area contributed by atoms with Gasteiger partial charge in [0.1, 0.15) is 5.75 Å². The maximum atomic E-state index is 10.4. The number of hydrogen-bond donors (Lipinski definition) is 1. The third-order valence-electron chi connectivity index (χ3n) is 1.61. The fourth-order valence-electron chi connectivity index (χ4n) is 1.05. The Kier molecular flexibility index (Phi) is 4.59. The first-order valence-electron chi connectivity index (χ1n) is 4.75. The van der Waals surface area contributed by atoms with E-state index >= 15 is 0 Å². The number of hydrogen-bond acceptors (Lipinski definition) is 5. The van der Waals surface area contributed by atoms with Gasteiger partial charge in [-0.25, -0.2) is 0 Å². The van der Waals surface area contributed by atoms with E-state index < -0.39 is 11.6 Å². The summed E-state index contributed by atoms with van der Waals surface area (Å²) in [4.78, 5) is 19.6. The Morgan fingerprint density at radius 3 is 2.35 bits per heavy atom. The molecule has 1 N–H and O–H groups in total. The summed E-state index contributed by atoms with van der Waals surface area (Å²) in [5.41, 5.74) is -0.0617. The molecule has 0 aliphatic heterocycles. The predicted octanol–water partition coefficient (Wildman–Crippen LogP) is 2.62. The van der Waals surface area contributed by atoms with Crippen molar-refractivity contribution in [2.75, 3.05) is 0 Å². The van der Waals surface area contributed by atoms with E-state index in [1.165, 1.54) is 24.3 Å². The Bertz CT molecular complexity index is 447. The third-order valence-corrected chi connectivity index (χ3v) is 3.22. The molecule has 0 aromatic heterocycles. The highest BCUT2D eigenvalue weighted by Gasteiger charge is 2.19. The maximum Gasteiger partial charge on any atom is 0.378 e. The average Bonchev–Trinajstić information content (AvgIpc) is 2.15. The van der Waals surface area contributed by atoms with Gasteiger partial charge in [0.25, 0.3) is 5.69 Å². The fourth-order valence-corrected chi connectivity index (χ4v) is 2.79. The highest BCUT2D eigenvalue weighted by Crippen LogP contribution is 2.45. The lowest BCUT2D eigenvalue weighted by Gasteiger charge is -2.18. The van der Waals surface area contributed by atoms with Crippen LogP contribution in [-0.2, 0) is 16.3 Å². The summed E-state index contributed by atoms with van der Waals surface area (Å²) >= 11 is 4.77. The van der Waals surface area contributed by atoms with Gasteiger partial charge in [-0.1, -0.05) is 0 Å². The highest BCUT2D eigenvalue weighted by molar-refractivity contribution is 8.07. The van der Waals surface area contributed by atoms with E-state index in [1.807, 2.05) is 0 Å². The average molecular weight is 277 g/mol. The number of nitro groups is 1. The Morgan fingerprint density at radius 1 is 1.41 bits per heavy atom. The zero-order chi connectivity index (χ0) is 13.1. The van der Waals surface area contributed by atoms with Crippen molar-refractivity contribution in [2.24, 2.45) is 0 Å². The van der Waals surface area contributed by atoms with Gasteiger partial charge in [0.05, 0.1) is 11.0 Å². The van der Waals surface area contributed by atoms with Gasteiger partial charge in [-0.2, -0.15) is 0 Å². The summed E-state index contributed by atoms with van der Waals surface area (Å²) in [7, 11) is 0. The second kappa shape index (κ2) is 5.55. The molecule has 0 aliphatic rings. The lowest BCUT2D eigenvalue weighted by molar-refractivity contribution is -0.384. The predicted molar refractivity (Wildman–Crippen MR) is 66.4 cm³/mol. The Morgan fingerprint density at radius 2 is 1.94 bits per heavy atom. The van der Waals surface area contributed by atoms with Crippen molar-refractivity contribution < 1.29 is 18.9 Å². The van der Waals surface area contributed by atoms with E-state index in [1.54, 1.807) is 13.8 Å². The van der Waals surface area contributed by atoms with Crippen LogP contribution in [0.5, 0.6) is 5.75 Å². The zero-order valence-corrected chi connectivity index (χ0v) is 11.0. The Hall–Kier alpha value is -1.01. The van der Waals surface area contributed by atoms with Gasteiger partial charge in [0.2, 0.25) is 0 Å². The van der Waals surface area contributed by atoms with Gasteiger partial charge in [-0.15, -0.1) is 0 Å². The molecule has 1 aromatic rings. The SMILES string of the molecule is CC(C)OP(O)(=S)Oc1ccc([N+](=O)[O-])cc1. The monoisotopic (exact) mass is 277 g/mol. The molecule has 1 rings (SSSR count). The second-order valence-corrected chi connectivity index (χ2v) is 6.18. The summed E-state index contributed by atoms with van der Waals surface area (Å²) in [6, 6.07) is 5.25. The van der Waals surface area contributed by atoms with E-state index in [9.17, 15) is 15.0 Å². The molecule has 1 atom stereocenters. The van der Waals surface area contributed by atoms with Gasteiger partial charge in [0, 0.05) is 23.9 Å². The molecule has 0 saturated carbocycles. The quantitative estimate of drug-likeness (QED) is 0.506.